The molecule has 0 saturated carbocycles. The highest BCUT2D eigenvalue weighted by molar-refractivity contribution is 6.25. The van der Waals surface area contributed by atoms with Crippen molar-refractivity contribution < 1.29 is 23.8 Å². The summed E-state index contributed by atoms with van der Waals surface area (Å²) in [4.78, 5) is 24.7. The Hall–Kier alpha value is -2.30. The number of fused-ring (bicyclic) bond motifs is 1. The van der Waals surface area contributed by atoms with Crippen LogP contribution in [0.1, 0.15) is 34.6 Å². The van der Waals surface area contributed by atoms with E-state index in [1.807, 2.05) is 13.8 Å². The first-order valence-electron chi connectivity index (χ1n) is 6.68. The van der Waals surface area contributed by atoms with Crippen molar-refractivity contribution in [3.05, 3.63) is 40.8 Å². The molecule has 0 fully saturated rings. The van der Waals surface area contributed by atoms with Crippen LogP contribution in [0.15, 0.2) is 29.7 Å². The number of ketones is 2. The van der Waals surface area contributed by atoms with Crippen LogP contribution in [0.25, 0.3) is 0 Å². The van der Waals surface area contributed by atoms with Crippen LogP contribution in [0.2, 0.25) is 0 Å². The summed E-state index contributed by atoms with van der Waals surface area (Å²) in [6.45, 7) is 4.60. The molecule has 1 aromatic carbocycles. The maximum atomic E-state index is 12.4. The van der Waals surface area contributed by atoms with Gasteiger partial charge in [0.2, 0.25) is 23.1 Å². The van der Waals surface area contributed by atoms with Gasteiger partial charge in [0, 0.05) is 11.1 Å². The summed E-state index contributed by atoms with van der Waals surface area (Å²) in [5, 5.41) is 0. The summed E-state index contributed by atoms with van der Waals surface area (Å²) in [6.07, 6.45) is 0. The van der Waals surface area contributed by atoms with Crippen LogP contribution in [-0.4, -0.2) is 32.4 Å². The minimum absolute atomic E-state index is 0.0640. The lowest BCUT2D eigenvalue weighted by atomic mass is 9.92. The quantitative estimate of drug-likeness (QED) is 0.834. The summed E-state index contributed by atoms with van der Waals surface area (Å²) in [5.74, 6) is 0.0491. The minimum atomic E-state index is -0.376. The number of allylic oxidation sites excluding steroid dienone is 2. The van der Waals surface area contributed by atoms with Crippen LogP contribution in [0.5, 0.6) is 5.75 Å². The second-order valence-electron chi connectivity index (χ2n) is 5.14. The average molecular weight is 290 g/mol. The molecule has 0 aromatic heterocycles. The number of carbonyl (C=O) groups excluding carboxylic acids is 2. The highest BCUT2D eigenvalue weighted by Gasteiger charge is 2.34. The van der Waals surface area contributed by atoms with E-state index in [-0.39, 0.29) is 28.6 Å². The average Bonchev–Trinajstić information content (AvgIpc) is 2.48. The molecule has 0 heterocycles. The zero-order chi connectivity index (χ0) is 15.6. The van der Waals surface area contributed by atoms with Gasteiger partial charge in [0.15, 0.2) is 0 Å². The molecule has 1 aliphatic carbocycles. The monoisotopic (exact) mass is 290 g/mol. The molecule has 0 aliphatic heterocycles. The van der Waals surface area contributed by atoms with Gasteiger partial charge in [-0.3, -0.25) is 9.59 Å². The van der Waals surface area contributed by atoms with Crippen molar-refractivity contribution in [2.24, 2.45) is 5.92 Å². The smallest absolute Gasteiger partial charge is 0.232 e. The van der Waals surface area contributed by atoms with Gasteiger partial charge in [-0.25, -0.2) is 0 Å². The first-order chi connectivity index (χ1) is 9.99. The predicted octanol–water partition coefficient (Wildman–Crippen LogP) is 2.60. The highest BCUT2D eigenvalue weighted by atomic mass is 16.5. The summed E-state index contributed by atoms with van der Waals surface area (Å²) in [7, 11) is 2.67. The van der Waals surface area contributed by atoms with Crippen LogP contribution < -0.4 is 4.74 Å². The van der Waals surface area contributed by atoms with Gasteiger partial charge in [0.25, 0.3) is 0 Å². The van der Waals surface area contributed by atoms with Crippen molar-refractivity contribution in [1.82, 2.24) is 0 Å². The second-order valence-corrected chi connectivity index (χ2v) is 5.14. The van der Waals surface area contributed by atoms with Crippen LogP contribution >= 0.6 is 0 Å². The lowest BCUT2D eigenvalue weighted by Gasteiger charge is -2.19. The van der Waals surface area contributed by atoms with Gasteiger partial charge in [0.1, 0.15) is 5.75 Å². The largest absolute Gasteiger partial charge is 0.493 e. The predicted molar refractivity (Wildman–Crippen MR) is 76.5 cm³/mol. The van der Waals surface area contributed by atoms with Gasteiger partial charge in [0.05, 0.1) is 20.8 Å². The Balaban J connectivity index is 2.42. The molecule has 5 heteroatoms. The number of ether oxygens (including phenoxy) is 3. The molecule has 0 unspecified atom stereocenters. The van der Waals surface area contributed by atoms with Gasteiger partial charge < -0.3 is 14.2 Å². The Morgan fingerprint density at radius 1 is 0.952 bits per heavy atom. The molecule has 0 bridgehead atoms. The number of hydrogen-bond acceptors (Lipinski definition) is 5. The number of benzene rings is 1. The third-order valence-electron chi connectivity index (χ3n) is 3.09. The van der Waals surface area contributed by atoms with Crippen molar-refractivity contribution in [3.8, 4) is 5.75 Å². The molecule has 5 nitrogen and oxygen atoms in total. The molecule has 0 saturated heterocycles. The molecule has 0 spiro atoms. The Kier molecular flexibility index (Phi) is 4.31. The fourth-order valence-electron chi connectivity index (χ4n) is 2.08. The molecule has 0 amide bonds. The van der Waals surface area contributed by atoms with E-state index < -0.39 is 0 Å². The van der Waals surface area contributed by atoms with Crippen molar-refractivity contribution >= 4 is 11.6 Å². The van der Waals surface area contributed by atoms with Crippen LogP contribution in [0, 0.1) is 5.92 Å². The fourth-order valence-corrected chi connectivity index (χ4v) is 2.08. The van der Waals surface area contributed by atoms with Crippen molar-refractivity contribution in [1.29, 1.82) is 0 Å². The van der Waals surface area contributed by atoms with Crippen molar-refractivity contribution in [2.45, 2.75) is 13.8 Å². The third-order valence-corrected chi connectivity index (χ3v) is 3.09. The molecular formula is C16H18O5. The van der Waals surface area contributed by atoms with Crippen molar-refractivity contribution in [3.63, 3.8) is 0 Å². The fraction of sp³-hybridized carbons (Fsp3) is 0.375. The zero-order valence-electron chi connectivity index (χ0n) is 12.6. The topological polar surface area (TPSA) is 61.8 Å². The normalized spacial score (nSPS) is 14.3. The minimum Gasteiger partial charge on any atom is -0.493 e. The summed E-state index contributed by atoms with van der Waals surface area (Å²) in [6, 6.07) is 4.83. The number of methoxy groups -OCH3 is 2. The first-order valence-corrected chi connectivity index (χ1v) is 6.68. The van der Waals surface area contributed by atoms with E-state index >= 15 is 0 Å². The van der Waals surface area contributed by atoms with Gasteiger partial charge in [-0.15, -0.1) is 0 Å². The Morgan fingerprint density at radius 2 is 1.52 bits per heavy atom. The van der Waals surface area contributed by atoms with Crippen LogP contribution in [-0.2, 0) is 9.47 Å². The van der Waals surface area contributed by atoms with E-state index in [2.05, 4.69) is 0 Å². The Labute approximate surface area is 123 Å². The third kappa shape index (κ3) is 2.77. The van der Waals surface area contributed by atoms with E-state index in [0.717, 1.165) is 0 Å². The Bertz CT molecular complexity index is 613. The van der Waals surface area contributed by atoms with E-state index in [1.54, 1.807) is 18.2 Å². The number of hydrogen-bond donors (Lipinski definition) is 0. The highest BCUT2D eigenvalue weighted by Crippen LogP contribution is 2.30. The maximum Gasteiger partial charge on any atom is 0.232 e. The van der Waals surface area contributed by atoms with Gasteiger partial charge in [-0.05, 0) is 24.1 Å². The second kappa shape index (κ2) is 5.99. The SMILES string of the molecule is COC1=C(OC)C(=O)c2cc(OCC(C)C)ccc2C1=O. The summed E-state index contributed by atoms with van der Waals surface area (Å²) < 4.78 is 15.6. The van der Waals surface area contributed by atoms with E-state index in [1.165, 1.54) is 14.2 Å². The van der Waals surface area contributed by atoms with Crippen LogP contribution in [0.4, 0.5) is 0 Å². The summed E-state index contributed by atoms with van der Waals surface area (Å²) >= 11 is 0. The molecule has 112 valence electrons. The van der Waals surface area contributed by atoms with Crippen LogP contribution in [0.3, 0.4) is 0 Å². The zero-order valence-corrected chi connectivity index (χ0v) is 12.6. The molecular weight excluding hydrogens is 272 g/mol. The maximum absolute atomic E-state index is 12.4. The number of carbonyl (C=O) groups is 2. The lowest BCUT2D eigenvalue weighted by molar-refractivity contribution is 0.0828. The molecule has 2 rings (SSSR count). The van der Waals surface area contributed by atoms with Gasteiger partial charge in [-0.2, -0.15) is 0 Å². The van der Waals surface area contributed by atoms with E-state index in [0.29, 0.717) is 23.8 Å². The standard InChI is InChI=1S/C16H18O5/c1-9(2)8-21-10-5-6-11-12(7-10)14(18)16(20-4)15(19-3)13(11)17/h5-7,9H,8H2,1-4H3. The molecule has 0 N–H and O–H groups in total. The number of Topliss-reactive ketones (excluding diaryl/α,β-unsaturated/α-hetero) is 2. The Morgan fingerprint density at radius 3 is 2.05 bits per heavy atom. The lowest BCUT2D eigenvalue weighted by Crippen LogP contribution is -2.24. The molecule has 0 atom stereocenters. The number of rotatable bonds is 5. The van der Waals surface area contributed by atoms with Gasteiger partial charge >= 0.3 is 0 Å². The van der Waals surface area contributed by atoms with Crippen molar-refractivity contribution in [2.75, 3.05) is 20.8 Å². The molecule has 1 aliphatic rings. The van der Waals surface area contributed by atoms with Gasteiger partial charge in [-0.1, -0.05) is 13.8 Å². The van der Waals surface area contributed by atoms with E-state index in [9.17, 15) is 9.59 Å². The summed E-state index contributed by atoms with van der Waals surface area (Å²) in [5.41, 5.74) is 0.577. The molecule has 1 aromatic rings. The first kappa shape index (κ1) is 15.1. The molecule has 21 heavy (non-hydrogen) atoms. The van der Waals surface area contributed by atoms with E-state index in [4.69, 9.17) is 14.2 Å². The molecule has 0 radical (unpaired) electrons.